The van der Waals surface area contributed by atoms with Crippen LogP contribution in [0.4, 0.5) is 0 Å². The molecule has 0 bridgehead atoms. The van der Waals surface area contributed by atoms with Crippen molar-refractivity contribution in [2.75, 3.05) is 6.54 Å². The molecule has 2 heterocycles. The van der Waals surface area contributed by atoms with Gasteiger partial charge in [0, 0.05) is 17.5 Å². The molecule has 0 aliphatic heterocycles. The minimum absolute atomic E-state index is 0.0192. The summed E-state index contributed by atoms with van der Waals surface area (Å²) in [6.45, 7) is 2.56. The van der Waals surface area contributed by atoms with Crippen LogP contribution in [0.2, 0.25) is 0 Å². The highest BCUT2D eigenvalue weighted by Crippen LogP contribution is 2.14. The second kappa shape index (κ2) is 6.38. The van der Waals surface area contributed by atoms with Crippen LogP contribution < -0.4 is 5.32 Å². The molecule has 2 N–H and O–H groups in total. The zero-order chi connectivity index (χ0) is 14.5. The van der Waals surface area contributed by atoms with Crippen molar-refractivity contribution in [2.45, 2.75) is 13.3 Å². The average molecular weight is 293 g/mol. The van der Waals surface area contributed by atoms with E-state index in [1.165, 1.54) is 10.9 Å². The molecule has 1 unspecified atom stereocenters. The number of aromatic carboxylic acids is 1. The van der Waals surface area contributed by atoms with Crippen molar-refractivity contribution < 1.29 is 19.1 Å². The van der Waals surface area contributed by atoms with Crippen LogP contribution in [0.25, 0.3) is 0 Å². The van der Waals surface area contributed by atoms with Crippen molar-refractivity contribution >= 4 is 23.2 Å². The Kier molecular flexibility index (Phi) is 4.57. The Bertz CT molecular complexity index is 588. The maximum absolute atomic E-state index is 11.8. The van der Waals surface area contributed by atoms with Gasteiger partial charge in [-0.2, -0.15) is 0 Å². The van der Waals surface area contributed by atoms with E-state index in [0.29, 0.717) is 12.5 Å². The second-order valence-corrected chi connectivity index (χ2v) is 5.64. The molecule has 0 fully saturated rings. The third-order valence-corrected chi connectivity index (χ3v) is 3.71. The lowest BCUT2D eigenvalue weighted by molar-refractivity contribution is 0.0696. The van der Waals surface area contributed by atoms with Crippen LogP contribution in [0.1, 0.15) is 32.7 Å². The maximum Gasteiger partial charge on any atom is 0.338 e. The molecule has 1 atom stereocenters. The smallest absolute Gasteiger partial charge is 0.338 e. The summed E-state index contributed by atoms with van der Waals surface area (Å²) in [5.74, 6) is -1.19. The lowest BCUT2D eigenvalue weighted by Crippen LogP contribution is -2.28. The molecule has 0 saturated heterocycles. The summed E-state index contributed by atoms with van der Waals surface area (Å²) in [6, 6.07) is 5.29. The molecule has 20 heavy (non-hydrogen) atoms. The zero-order valence-electron chi connectivity index (χ0n) is 11.0. The predicted molar refractivity (Wildman–Crippen MR) is 75.2 cm³/mol. The summed E-state index contributed by atoms with van der Waals surface area (Å²) in [6.07, 6.45) is 1.96. The van der Waals surface area contributed by atoms with Crippen molar-refractivity contribution in [3.05, 3.63) is 46.0 Å². The zero-order valence-corrected chi connectivity index (χ0v) is 11.8. The highest BCUT2D eigenvalue weighted by atomic mass is 32.1. The number of hydrogen-bond donors (Lipinski definition) is 2. The number of furan rings is 1. The third-order valence-electron chi connectivity index (χ3n) is 2.81. The van der Waals surface area contributed by atoms with Crippen molar-refractivity contribution in [1.82, 2.24) is 5.32 Å². The standard InChI is InChI=1S/C14H15NO4S/c1-9(5-11-3-2-4-20-11)7-15-13(16)12-6-10(8-19-12)14(17)18/h2-4,6,8-9H,5,7H2,1H3,(H,15,16)(H,17,18). The number of carboxylic acid groups (broad SMARTS) is 1. The Labute approximate surface area is 120 Å². The van der Waals surface area contributed by atoms with E-state index in [1.54, 1.807) is 11.3 Å². The minimum Gasteiger partial charge on any atom is -0.478 e. The van der Waals surface area contributed by atoms with Crippen molar-refractivity contribution in [2.24, 2.45) is 5.92 Å². The Morgan fingerprint density at radius 2 is 2.30 bits per heavy atom. The molecule has 0 saturated carbocycles. The van der Waals surface area contributed by atoms with E-state index in [2.05, 4.69) is 11.4 Å². The Morgan fingerprint density at radius 3 is 2.90 bits per heavy atom. The molecule has 2 rings (SSSR count). The summed E-state index contributed by atoms with van der Waals surface area (Å²) >= 11 is 1.69. The molecular formula is C14H15NO4S. The summed E-state index contributed by atoms with van der Waals surface area (Å²) in [4.78, 5) is 23.8. The van der Waals surface area contributed by atoms with Crippen LogP contribution >= 0.6 is 11.3 Å². The number of nitrogens with one attached hydrogen (secondary N) is 1. The number of rotatable bonds is 6. The van der Waals surface area contributed by atoms with Crippen LogP contribution in [0, 0.1) is 5.92 Å². The average Bonchev–Trinajstić information content (AvgIpc) is 3.06. The number of hydrogen-bond acceptors (Lipinski definition) is 4. The van der Waals surface area contributed by atoms with Gasteiger partial charge in [0.05, 0.1) is 5.56 Å². The van der Waals surface area contributed by atoms with Gasteiger partial charge in [-0.1, -0.05) is 13.0 Å². The Hall–Kier alpha value is -2.08. The highest BCUT2D eigenvalue weighted by molar-refractivity contribution is 7.09. The van der Waals surface area contributed by atoms with Gasteiger partial charge < -0.3 is 14.8 Å². The van der Waals surface area contributed by atoms with E-state index < -0.39 is 11.9 Å². The maximum atomic E-state index is 11.8. The molecule has 0 aliphatic rings. The first kappa shape index (κ1) is 14.3. The fraction of sp³-hybridized carbons (Fsp3) is 0.286. The van der Waals surface area contributed by atoms with Gasteiger partial charge in [0.1, 0.15) is 6.26 Å². The van der Waals surface area contributed by atoms with Crippen LogP contribution in [0.3, 0.4) is 0 Å². The predicted octanol–water partition coefficient (Wildman–Crippen LogP) is 2.65. The number of amides is 1. The van der Waals surface area contributed by atoms with Gasteiger partial charge in [-0.25, -0.2) is 4.79 Å². The molecule has 0 spiro atoms. The molecule has 1 amide bonds. The number of carboxylic acids is 1. The minimum atomic E-state index is -1.11. The van der Waals surface area contributed by atoms with Gasteiger partial charge in [0.25, 0.3) is 5.91 Å². The lowest BCUT2D eigenvalue weighted by Gasteiger charge is -2.10. The summed E-state index contributed by atoms with van der Waals surface area (Å²) < 4.78 is 4.94. The van der Waals surface area contributed by atoms with Gasteiger partial charge in [-0.3, -0.25) is 4.79 Å². The first-order chi connectivity index (χ1) is 9.56. The van der Waals surface area contributed by atoms with E-state index in [1.807, 2.05) is 18.4 Å². The van der Waals surface area contributed by atoms with Gasteiger partial charge in [-0.05, 0) is 23.8 Å². The Balaban J connectivity index is 1.83. The van der Waals surface area contributed by atoms with Crippen molar-refractivity contribution in [3.8, 4) is 0 Å². The monoisotopic (exact) mass is 293 g/mol. The van der Waals surface area contributed by atoms with E-state index in [-0.39, 0.29) is 11.3 Å². The largest absolute Gasteiger partial charge is 0.478 e. The van der Waals surface area contributed by atoms with E-state index in [0.717, 1.165) is 12.7 Å². The van der Waals surface area contributed by atoms with Crippen LogP contribution in [0.5, 0.6) is 0 Å². The molecule has 2 aromatic heterocycles. The van der Waals surface area contributed by atoms with E-state index in [4.69, 9.17) is 9.52 Å². The number of carbonyl (C=O) groups is 2. The normalized spacial score (nSPS) is 12.1. The van der Waals surface area contributed by atoms with Crippen LogP contribution in [-0.4, -0.2) is 23.5 Å². The molecule has 5 nitrogen and oxygen atoms in total. The van der Waals surface area contributed by atoms with Gasteiger partial charge in [0.15, 0.2) is 5.76 Å². The van der Waals surface area contributed by atoms with Crippen LogP contribution in [-0.2, 0) is 6.42 Å². The van der Waals surface area contributed by atoms with E-state index in [9.17, 15) is 9.59 Å². The molecule has 0 aliphatic carbocycles. The van der Waals surface area contributed by atoms with Gasteiger partial charge >= 0.3 is 5.97 Å². The SMILES string of the molecule is CC(CNC(=O)c1cc(C(=O)O)co1)Cc1cccs1. The summed E-state index contributed by atoms with van der Waals surface area (Å²) in [5, 5.41) is 13.5. The number of thiophene rings is 1. The number of carbonyl (C=O) groups excluding carboxylic acids is 1. The second-order valence-electron chi connectivity index (χ2n) is 4.60. The molecular weight excluding hydrogens is 278 g/mol. The molecule has 0 radical (unpaired) electrons. The van der Waals surface area contributed by atoms with Gasteiger partial charge in [0.2, 0.25) is 0 Å². The Morgan fingerprint density at radius 1 is 1.50 bits per heavy atom. The topological polar surface area (TPSA) is 79.5 Å². The van der Waals surface area contributed by atoms with Crippen molar-refractivity contribution in [1.29, 1.82) is 0 Å². The van der Waals surface area contributed by atoms with Gasteiger partial charge in [-0.15, -0.1) is 11.3 Å². The summed E-state index contributed by atoms with van der Waals surface area (Å²) in [5.41, 5.74) is -0.0261. The lowest BCUT2D eigenvalue weighted by atomic mass is 10.1. The fourth-order valence-electron chi connectivity index (χ4n) is 1.77. The first-order valence-corrected chi connectivity index (χ1v) is 7.06. The summed E-state index contributed by atoms with van der Waals surface area (Å²) in [7, 11) is 0. The van der Waals surface area contributed by atoms with Crippen LogP contribution in [0.15, 0.2) is 34.3 Å². The molecule has 106 valence electrons. The first-order valence-electron chi connectivity index (χ1n) is 6.18. The third kappa shape index (κ3) is 3.71. The molecule has 2 aromatic rings. The van der Waals surface area contributed by atoms with Crippen molar-refractivity contribution in [3.63, 3.8) is 0 Å². The quantitative estimate of drug-likeness (QED) is 0.858. The molecule has 0 aromatic carbocycles. The fourth-order valence-corrected chi connectivity index (χ4v) is 2.64. The molecule has 6 heteroatoms. The van der Waals surface area contributed by atoms with E-state index >= 15 is 0 Å². The highest BCUT2D eigenvalue weighted by Gasteiger charge is 2.15.